The van der Waals surface area contributed by atoms with Crippen molar-refractivity contribution in [2.75, 3.05) is 13.1 Å². The van der Waals surface area contributed by atoms with E-state index in [0.717, 1.165) is 13.1 Å². The maximum absolute atomic E-state index is 13.3. The Bertz CT molecular complexity index is 341. The smallest absolute Gasteiger partial charge is 0.129 e. The van der Waals surface area contributed by atoms with E-state index in [1.54, 1.807) is 19.1 Å². The van der Waals surface area contributed by atoms with Gasteiger partial charge >= 0.3 is 0 Å². The second kappa shape index (κ2) is 7.28. The summed E-state index contributed by atoms with van der Waals surface area (Å²) < 4.78 is 18.9. The second-order valence-electron chi connectivity index (χ2n) is 4.40. The van der Waals surface area contributed by atoms with Gasteiger partial charge in [0.1, 0.15) is 17.7 Å². The first-order chi connectivity index (χ1) is 8.13. The molecule has 0 amide bonds. The molecule has 0 aliphatic heterocycles. The van der Waals surface area contributed by atoms with E-state index in [-0.39, 0.29) is 11.9 Å². The first-order valence-corrected chi connectivity index (χ1v) is 6.27. The topological polar surface area (TPSA) is 21.3 Å². The van der Waals surface area contributed by atoms with Crippen LogP contribution in [0, 0.1) is 12.7 Å². The van der Waals surface area contributed by atoms with Crippen LogP contribution in [0.2, 0.25) is 0 Å². The van der Waals surface area contributed by atoms with Crippen molar-refractivity contribution in [1.29, 1.82) is 0 Å². The van der Waals surface area contributed by atoms with Gasteiger partial charge < -0.3 is 10.1 Å². The molecule has 0 aromatic heterocycles. The molecule has 1 unspecified atom stereocenters. The summed E-state index contributed by atoms with van der Waals surface area (Å²) in [7, 11) is 0. The molecule has 1 aromatic carbocycles. The number of aryl methyl sites for hydroxylation is 1. The summed E-state index contributed by atoms with van der Waals surface area (Å²) in [6.45, 7) is 7.68. The predicted molar refractivity (Wildman–Crippen MR) is 69.0 cm³/mol. The van der Waals surface area contributed by atoms with Crippen LogP contribution in [0.5, 0.6) is 5.75 Å². The zero-order valence-electron chi connectivity index (χ0n) is 10.9. The molecule has 0 aliphatic carbocycles. The molecule has 0 saturated heterocycles. The third kappa shape index (κ3) is 5.18. The molecule has 0 heterocycles. The van der Waals surface area contributed by atoms with Crippen molar-refractivity contribution in [1.82, 2.24) is 5.32 Å². The fraction of sp³-hybridized carbons (Fsp3) is 0.571. The molecule has 0 spiro atoms. The molecular formula is C14H22FNO. The highest BCUT2D eigenvalue weighted by molar-refractivity contribution is 5.28. The SMILES string of the molecule is CCCCNCC(C)Oc1ccc(C)c(F)c1. The standard InChI is InChI=1S/C14H22FNO/c1-4-5-8-16-10-12(3)17-13-7-6-11(2)14(15)9-13/h6-7,9,12,16H,4-5,8,10H2,1-3H3. The van der Waals surface area contributed by atoms with Gasteiger partial charge in [-0.25, -0.2) is 4.39 Å². The summed E-state index contributed by atoms with van der Waals surface area (Å²) in [4.78, 5) is 0. The number of hydrogen-bond acceptors (Lipinski definition) is 2. The predicted octanol–water partition coefficient (Wildman–Crippen LogP) is 3.29. The maximum atomic E-state index is 13.3. The van der Waals surface area contributed by atoms with Crippen LogP contribution in [-0.2, 0) is 0 Å². The fourth-order valence-electron chi connectivity index (χ4n) is 1.53. The Balaban J connectivity index is 2.34. The van der Waals surface area contributed by atoms with Crippen molar-refractivity contribution in [2.45, 2.75) is 39.7 Å². The van der Waals surface area contributed by atoms with Crippen molar-refractivity contribution in [3.05, 3.63) is 29.6 Å². The van der Waals surface area contributed by atoms with Gasteiger partial charge in [0.2, 0.25) is 0 Å². The second-order valence-corrected chi connectivity index (χ2v) is 4.40. The maximum Gasteiger partial charge on any atom is 0.129 e. The van der Waals surface area contributed by atoms with E-state index in [1.165, 1.54) is 18.9 Å². The summed E-state index contributed by atoms with van der Waals surface area (Å²) in [5.74, 6) is 0.381. The van der Waals surface area contributed by atoms with E-state index in [0.29, 0.717) is 11.3 Å². The molecule has 2 nitrogen and oxygen atoms in total. The van der Waals surface area contributed by atoms with Gasteiger partial charge in [-0.05, 0) is 38.4 Å². The van der Waals surface area contributed by atoms with Gasteiger partial charge in [-0.1, -0.05) is 19.4 Å². The molecule has 17 heavy (non-hydrogen) atoms. The Morgan fingerprint density at radius 1 is 1.41 bits per heavy atom. The van der Waals surface area contributed by atoms with Gasteiger partial charge in [0.25, 0.3) is 0 Å². The summed E-state index contributed by atoms with van der Waals surface area (Å²) in [6.07, 6.45) is 2.41. The van der Waals surface area contributed by atoms with Crippen LogP contribution in [0.4, 0.5) is 4.39 Å². The largest absolute Gasteiger partial charge is 0.489 e. The van der Waals surface area contributed by atoms with E-state index in [2.05, 4.69) is 12.2 Å². The number of nitrogens with one attached hydrogen (secondary N) is 1. The summed E-state index contributed by atoms with van der Waals surface area (Å²) >= 11 is 0. The third-order valence-electron chi connectivity index (χ3n) is 2.62. The van der Waals surface area contributed by atoms with Gasteiger partial charge in [0, 0.05) is 12.6 Å². The normalized spacial score (nSPS) is 12.5. The minimum Gasteiger partial charge on any atom is -0.489 e. The van der Waals surface area contributed by atoms with E-state index in [1.807, 2.05) is 6.92 Å². The third-order valence-corrected chi connectivity index (χ3v) is 2.62. The summed E-state index contributed by atoms with van der Waals surface area (Å²) in [6, 6.07) is 4.99. The van der Waals surface area contributed by atoms with Gasteiger partial charge in [0.05, 0.1) is 0 Å². The van der Waals surface area contributed by atoms with Crippen LogP contribution in [0.1, 0.15) is 32.3 Å². The van der Waals surface area contributed by atoms with Gasteiger partial charge in [-0.3, -0.25) is 0 Å². The van der Waals surface area contributed by atoms with E-state index in [4.69, 9.17) is 4.74 Å². The highest BCUT2D eigenvalue weighted by Gasteiger charge is 2.05. The lowest BCUT2D eigenvalue weighted by molar-refractivity contribution is 0.216. The number of hydrogen-bond donors (Lipinski definition) is 1. The van der Waals surface area contributed by atoms with Crippen LogP contribution in [0.15, 0.2) is 18.2 Å². The fourth-order valence-corrected chi connectivity index (χ4v) is 1.53. The molecule has 1 atom stereocenters. The average molecular weight is 239 g/mol. The Morgan fingerprint density at radius 2 is 2.18 bits per heavy atom. The van der Waals surface area contributed by atoms with Gasteiger partial charge in [-0.2, -0.15) is 0 Å². The minimum atomic E-state index is -0.214. The van der Waals surface area contributed by atoms with Crippen LogP contribution in [0.25, 0.3) is 0 Å². The van der Waals surface area contributed by atoms with Crippen molar-refractivity contribution in [3.8, 4) is 5.75 Å². The number of ether oxygens (including phenoxy) is 1. The van der Waals surface area contributed by atoms with Crippen molar-refractivity contribution in [2.24, 2.45) is 0 Å². The van der Waals surface area contributed by atoms with Crippen LogP contribution in [-0.4, -0.2) is 19.2 Å². The zero-order chi connectivity index (χ0) is 12.7. The Morgan fingerprint density at radius 3 is 2.82 bits per heavy atom. The molecule has 96 valence electrons. The monoisotopic (exact) mass is 239 g/mol. The molecule has 0 aliphatic rings. The number of benzene rings is 1. The Kier molecular flexibility index (Phi) is 5.98. The van der Waals surface area contributed by atoms with Crippen LogP contribution >= 0.6 is 0 Å². The van der Waals surface area contributed by atoms with Gasteiger partial charge in [-0.15, -0.1) is 0 Å². The molecule has 0 saturated carbocycles. The lowest BCUT2D eigenvalue weighted by Crippen LogP contribution is -2.29. The molecule has 1 rings (SSSR count). The number of halogens is 1. The lowest BCUT2D eigenvalue weighted by Gasteiger charge is -2.15. The number of unbranched alkanes of at least 4 members (excludes halogenated alkanes) is 1. The quantitative estimate of drug-likeness (QED) is 0.737. The molecule has 1 aromatic rings. The number of rotatable bonds is 7. The Hall–Kier alpha value is -1.09. The molecule has 0 bridgehead atoms. The highest BCUT2D eigenvalue weighted by Crippen LogP contribution is 2.16. The zero-order valence-corrected chi connectivity index (χ0v) is 10.9. The van der Waals surface area contributed by atoms with Crippen molar-refractivity contribution < 1.29 is 9.13 Å². The minimum absolute atomic E-state index is 0.0500. The first kappa shape index (κ1) is 14.0. The van der Waals surface area contributed by atoms with Gasteiger partial charge in [0.15, 0.2) is 0 Å². The van der Waals surface area contributed by atoms with E-state index < -0.39 is 0 Å². The lowest BCUT2D eigenvalue weighted by atomic mass is 10.2. The van der Waals surface area contributed by atoms with Crippen molar-refractivity contribution >= 4 is 0 Å². The van der Waals surface area contributed by atoms with Crippen LogP contribution < -0.4 is 10.1 Å². The van der Waals surface area contributed by atoms with E-state index in [9.17, 15) is 4.39 Å². The van der Waals surface area contributed by atoms with E-state index >= 15 is 0 Å². The highest BCUT2D eigenvalue weighted by atomic mass is 19.1. The summed E-state index contributed by atoms with van der Waals surface area (Å²) in [5, 5.41) is 3.31. The molecule has 0 radical (unpaired) electrons. The first-order valence-electron chi connectivity index (χ1n) is 6.27. The summed E-state index contributed by atoms with van der Waals surface area (Å²) in [5.41, 5.74) is 0.645. The molecule has 0 fully saturated rings. The molecule has 1 N–H and O–H groups in total. The van der Waals surface area contributed by atoms with Crippen LogP contribution in [0.3, 0.4) is 0 Å². The van der Waals surface area contributed by atoms with Crippen molar-refractivity contribution in [3.63, 3.8) is 0 Å². The molecule has 3 heteroatoms. The Labute approximate surface area is 103 Å². The average Bonchev–Trinajstić information content (AvgIpc) is 2.30. The molecular weight excluding hydrogens is 217 g/mol.